The number of nitrogens with one attached hydrogen (secondary N) is 2. The van der Waals surface area contributed by atoms with Crippen LogP contribution < -0.4 is 15.8 Å². The topological polar surface area (TPSA) is 193 Å². The summed E-state index contributed by atoms with van der Waals surface area (Å²) >= 11 is 1.13. The van der Waals surface area contributed by atoms with Crippen LogP contribution in [-0.2, 0) is 20.8 Å². The van der Waals surface area contributed by atoms with E-state index in [1.165, 1.54) is 24.4 Å². The summed E-state index contributed by atoms with van der Waals surface area (Å²) in [7, 11) is 0. The zero-order valence-corrected chi connectivity index (χ0v) is 24.0. The van der Waals surface area contributed by atoms with E-state index in [9.17, 15) is 44.7 Å². The smallest absolute Gasteiger partial charge is 0.475 e. The van der Waals surface area contributed by atoms with Crippen LogP contribution in [-0.4, -0.2) is 57.2 Å². The normalized spacial score (nSPS) is 11.2. The van der Waals surface area contributed by atoms with Gasteiger partial charge in [-0.15, -0.1) is 11.3 Å². The number of amidine groups is 1. The second-order valence-corrected chi connectivity index (χ2v) is 10.4. The van der Waals surface area contributed by atoms with Gasteiger partial charge in [-0.25, -0.2) is 23.8 Å². The van der Waals surface area contributed by atoms with Gasteiger partial charge in [0, 0.05) is 15.9 Å². The van der Waals surface area contributed by atoms with Gasteiger partial charge in [-0.2, -0.15) is 30.7 Å². The highest BCUT2D eigenvalue weighted by atomic mass is 32.1. The number of alkyl halides is 6. The maximum absolute atomic E-state index is 14.1. The number of aromatic nitrogens is 1. The van der Waals surface area contributed by atoms with Crippen LogP contribution in [0.5, 0.6) is 5.75 Å². The van der Waals surface area contributed by atoms with Crippen molar-refractivity contribution in [1.29, 1.82) is 5.41 Å². The number of anilines is 1. The minimum Gasteiger partial charge on any atom is -0.475 e. The van der Waals surface area contributed by atoms with Crippen molar-refractivity contribution in [3.05, 3.63) is 75.7 Å². The Hall–Kier alpha value is -5.14. The van der Waals surface area contributed by atoms with Crippen molar-refractivity contribution in [2.45, 2.75) is 32.6 Å². The quantitative estimate of drug-likeness (QED) is 0.0541. The minimum atomic E-state index is -5.08. The van der Waals surface area contributed by atoms with E-state index < -0.39 is 47.4 Å². The van der Waals surface area contributed by atoms with Gasteiger partial charge in [0.05, 0.1) is 11.9 Å². The van der Waals surface area contributed by atoms with E-state index in [0.29, 0.717) is 12.1 Å². The zero-order valence-electron chi connectivity index (χ0n) is 23.2. The Morgan fingerprint density at radius 3 is 1.91 bits per heavy atom. The van der Waals surface area contributed by atoms with Gasteiger partial charge < -0.3 is 26.0 Å². The van der Waals surface area contributed by atoms with Crippen molar-refractivity contribution in [3.63, 3.8) is 0 Å². The summed E-state index contributed by atoms with van der Waals surface area (Å²) in [4.78, 5) is 47.3. The number of amides is 1. The van der Waals surface area contributed by atoms with Crippen molar-refractivity contribution < 1.29 is 69.3 Å². The molecule has 0 aliphatic carbocycles. The Bertz CT molecular complexity index is 1550. The van der Waals surface area contributed by atoms with Gasteiger partial charge in [-0.05, 0) is 48.9 Å². The molecule has 3 aromatic rings. The number of benzene rings is 1. The molecule has 0 bridgehead atoms. The van der Waals surface area contributed by atoms with Crippen LogP contribution >= 0.6 is 11.3 Å². The largest absolute Gasteiger partial charge is 0.490 e. The summed E-state index contributed by atoms with van der Waals surface area (Å²) in [6.45, 7) is 3.48. The molecule has 2 aromatic heterocycles. The number of hydrogen-bond acceptors (Lipinski definition) is 8. The van der Waals surface area contributed by atoms with Crippen LogP contribution in [0.25, 0.3) is 0 Å². The first-order chi connectivity index (χ1) is 20.9. The van der Waals surface area contributed by atoms with Crippen molar-refractivity contribution in [3.8, 4) is 5.75 Å². The number of nitrogens with two attached hydrogens (primary N) is 1. The number of nitrogen functional groups attached to an aromatic ring is 1. The average Bonchev–Trinajstić information content (AvgIpc) is 3.38. The molecule has 0 saturated carbocycles. The maximum atomic E-state index is 14.1. The van der Waals surface area contributed by atoms with E-state index in [4.69, 9.17) is 35.7 Å². The number of aliphatic carboxylic acids is 2. The molecular weight excluding hydrogens is 664 g/mol. The number of carbonyl (C=O) groups excluding carboxylic acids is 2. The Kier molecular flexibility index (Phi) is 13.3. The van der Waals surface area contributed by atoms with Gasteiger partial charge in [-0.3, -0.25) is 10.2 Å². The number of rotatable bonds is 7. The molecule has 0 radical (unpaired) electrons. The highest BCUT2D eigenvalue weighted by molar-refractivity contribution is 7.14. The van der Waals surface area contributed by atoms with Gasteiger partial charge in [0.15, 0.2) is 11.6 Å². The number of carboxylic acids is 2. The summed E-state index contributed by atoms with van der Waals surface area (Å²) in [5.41, 5.74) is 5.03. The first-order valence-electron chi connectivity index (χ1n) is 11.9. The predicted octanol–water partition coefficient (Wildman–Crippen LogP) is 5.40. The fraction of sp³-hybridized carbons (Fsp3) is 0.231. The molecule has 250 valence electrons. The molecule has 6 N–H and O–H groups in total. The number of thiophene rings is 1. The van der Waals surface area contributed by atoms with Crippen LogP contribution in [0.2, 0.25) is 0 Å². The molecule has 1 amide bonds. The van der Waals surface area contributed by atoms with E-state index in [-0.39, 0.29) is 27.9 Å². The Morgan fingerprint density at radius 2 is 1.48 bits per heavy atom. The van der Waals surface area contributed by atoms with Crippen molar-refractivity contribution in [2.24, 2.45) is 11.1 Å². The molecule has 0 aliphatic rings. The van der Waals surface area contributed by atoms with Gasteiger partial charge in [0.25, 0.3) is 0 Å². The van der Waals surface area contributed by atoms with Gasteiger partial charge in [0.1, 0.15) is 10.7 Å². The molecule has 11 nitrogen and oxygen atoms in total. The molecule has 0 saturated heterocycles. The maximum Gasteiger partial charge on any atom is 0.490 e. The van der Waals surface area contributed by atoms with Crippen molar-refractivity contribution in [2.75, 3.05) is 5.32 Å². The summed E-state index contributed by atoms with van der Waals surface area (Å²) in [5, 5.41) is 24.3. The fourth-order valence-corrected chi connectivity index (χ4v) is 3.86. The lowest BCUT2D eigenvalue weighted by Gasteiger charge is -2.22. The van der Waals surface area contributed by atoms with Crippen LogP contribution in [0, 0.1) is 22.6 Å². The molecule has 3 rings (SSSR count). The summed E-state index contributed by atoms with van der Waals surface area (Å²) in [6, 6.07) is 9.44. The molecule has 0 aliphatic heterocycles. The number of halogens is 8. The van der Waals surface area contributed by atoms with Gasteiger partial charge in [-0.1, -0.05) is 13.8 Å². The first kappa shape index (κ1) is 38.9. The molecule has 2 heterocycles. The van der Waals surface area contributed by atoms with E-state index in [1.807, 2.05) is 0 Å². The number of nitrogens with zero attached hydrogens (tertiary/aromatic N) is 1. The van der Waals surface area contributed by atoms with Gasteiger partial charge in [0.2, 0.25) is 11.9 Å². The number of ether oxygens (including phenoxy) is 1. The highest BCUT2D eigenvalue weighted by Gasteiger charge is 2.39. The number of hydrogen-bond donors (Lipinski definition) is 5. The summed E-state index contributed by atoms with van der Waals surface area (Å²) in [5.74, 6) is -8.58. The van der Waals surface area contributed by atoms with E-state index in [2.05, 4.69) is 10.3 Å². The number of pyridine rings is 1. The van der Waals surface area contributed by atoms with E-state index >= 15 is 0 Å². The van der Waals surface area contributed by atoms with Crippen molar-refractivity contribution >= 4 is 46.7 Å². The van der Waals surface area contributed by atoms with Crippen molar-refractivity contribution in [1.82, 2.24) is 4.98 Å². The van der Waals surface area contributed by atoms with Crippen LogP contribution in [0.4, 0.5) is 40.8 Å². The second-order valence-electron chi connectivity index (χ2n) is 9.20. The molecule has 46 heavy (non-hydrogen) atoms. The molecule has 20 heteroatoms. The lowest BCUT2D eigenvalue weighted by molar-refractivity contribution is -0.193. The number of carboxylic acid groups (broad SMARTS) is 2. The lowest BCUT2D eigenvalue weighted by Crippen LogP contribution is -2.32. The highest BCUT2D eigenvalue weighted by Crippen LogP contribution is 2.29. The van der Waals surface area contributed by atoms with E-state index in [0.717, 1.165) is 28.3 Å². The Morgan fingerprint density at radius 1 is 0.935 bits per heavy atom. The Labute approximate surface area is 257 Å². The third-order valence-corrected chi connectivity index (χ3v) is 6.07. The fourth-order valence-electron chi connectivity index (χ4n) is 2.75. The van der Waals surface area contributed by atoms with Crippen LogP contribution in [0.1, 0.15) is 34.0 Å². The molecule has 1 aromatic carbocycles. The second kappa shape index (κ2) is 15.7. The Balaban J connectivity index is 0.000000629. The van der Waals surface area contributed by atoms with Gasteiger partial charge >= 0.3 is 30.3 Å². The third kappa shape index (κ3) is 12.8. The average molecular weight is 687 g/mol. The number of carbonyl (C=O) groups is 4. The number of esters is 1. The standard InChI is InChI=1S/C22H20F2N4O3S.2C2HF3O2/c1-22(2,21(30)28-13-4-8-18(24)27-11-13)10-14-5-7-17(32-14)20(29)31-16-6-3-12(19(25)26)9-15(16)23;2*3-2(4,5)1(6)7/h3-9,11H,10H2,1-2H3,(H3,25,26)(H,28,30);2*(H,6,7). The molecule has 0 unspecified atom stereocenters. The predicted molar refractivity (Wildman–Crippen MR) is 144 cm³/mol. The zero-order chi connectivity index (χ0) is 35.6. The lowest BCUT2D eigenvalue weighted by atomic mass is 9.87. The monoisotopic (exact) mass is 686 g/mol. The summed E-state index contributed by atoms with van der Waals surface area (Å²) in [6.07, 6.45) is -8.61. The molecule has 0 fully saturated rings. The first-order valence-corrected chi connectivity index (χ1v) is 12.7. The molecule has 0 atom stereocenters. The molecular formula is C26H22F8N4O7S. The SMILES string of the molecule is CC(C)(Cc1ccc(C(=O)Oc2ccc(C(=N)N)cc2F)s1)C(=O)Nc1ccc(F)nc1.O=C(O)C(F)(F)F.O=C(O)C(F)(F)F. The third-order valence-electron chi connectivity index (χ3n) is 5.01. The summed E-state index contributed by atoms with van der Waals surface area (Å²) < 4.78 is 95.6. The molecule has 0 spiro atoms. The minimum absolute atomic E-state index is 0.178. The van der Waals surface area contributed by atoms with Crippen LogP contribution in [0.3, 0.4) is 0 Å². The van der Waals surface area contributed by atoms with Crippen LogP contribution in [0.15, 0.2) is 48.7 Å². The van der Waals surface area contributed by atoms with E-state index in [1.54, 1.807) is 26.0 Å².